The van der Waals surface area contributed by atoms with Gasteiger partial charge in [0.25, 0.3) is 0 Å². The van der Waals surface area contributed by atoms with E-state index in [-0.39, 0.29) is 6.42 Å². The van der Waals surface area contributed by atoms with E-state index in [1.807, 2.05) is 6.07 Å². The van der Waals surface area contributed by atoms with Gasteiger partial charge in [0, 0.05) is 64.1 Å². The van der Waals surface area contributed by atoms with E-state index in [1.54, 1.807) is 12.4 Å². The Kier molecular flexibility index (Phi) is 5.63. The third kappa shape index (κ3) is 4.21. The molecule has 0 amide bonds. The predicted molar refractivity (Wildman–Crippen MR) is 92.1 cm³/mol. The SMILES string of the molecule is CN1CCN([C@H]2CCN(c3ncccn3)C[C@H]2CCC(=O)O)CC1. The average Bonchev–Trinajstić information content (AvgIpc) is 2.61. The molecule has 7 heteroatoms. The van der Waals surface area contributed by atoms with E-state index in [4.69, 9.17) is 5.11 Å². The fourth-order valence-electron chi connectivity index (χ4n) is 3.88. The first kappa shape index (κ1) is 17.1. The van der Waals surface area contributed by atoms with Crippen LogP contribution in [-0.2, 0) is 4.79 Å². The zero-order valence-corrected chi connectivity index (χ0v) is 14.3. The molecule has 132 valence electrons. The normalized spacial score (nSPS) is 26.5. The summed E-state index contributed by atoms with van der Waals surface area (Å²) in [6, 6.07) is 2.29. The van der Waals surface area contributed by atoms with Crippen molar-refractivity contribution in [3.05, 3.63) is 18.5 Å². The Labute approximate surface area is 143 Å². The summed E-state index contributed by atoms with van der Waals surface area (Å²) < 4.78 is 0. The highest BCUT2D eigenvalue weighted by Gasteiger charge is 2.35. The Morgan fingerprint density at radius 2 is 1.92 bits per heavy atom. The first-order chi connectivity index (χ1) is 11.6. The fraction of sp³-hybridized carbons (Fsp3) is 0.706. The highest BCUT2D eigenvalue weighted by atomic mass is 16.4. The zero-order valence-electron chi connectivity index (χ0n) is 14.3. The van der Waals surface area contributed by atoms with Crippen molar-refractivity contribution < 1.29 is 9.90 Å². The van der Waals surface area contributed by atoms with Crippen LogP contribution in [0, 0.1) is 5.92 Å². The smallest absolute Gasteiger partial charge is 0.303 e. The number of carbonyl (C=O) groups is 1. The highest BCUT2D eigenvalue weighted by molar-refractivity contribution is 5.66. The van der Waals surface area contributed by atoms with Crippen LogP contribution in [0.5, 0.6) is 0 Å². The first-order valence-electron chi connectivity index (χ1n) is 8.80. The van der Waals surface area contributed by atoms with Crippen LogP contribution in [0.1, 0.15) is 19.3 Å². The van der Waals surface area contributed by atoms with Crippen molar-refractivity contribution in [2.75, 3.05) is 51.2 Å². The number of rotatable bonds is 5. The molecule has 3 rings (SSSR count). The average molecular weight is 333 g/mol. The second kappa shape index (κ2) is 7.90. The molecule has 2 aliphatic rings. The maximum absolute atomic E-state index is 11.1. The van der Waals surface area contributed by atoms with Crippen LogP contribution >= 0.6 is 0 Å². The lowest BCUT2D eigenvalue weighted by Crippen LogP contribution is -2.56. The van der Waals surface area contributed by atoms with Gasteiger partial charge in [-0.3, -0.25) is 9.69 Å². The number of piperazine rings is 1. The van der Waals surface area contributed by atoms with Crippen LogP contribution in [0.15, 0.2) is 18.5 Å². The van der Waals surface area contributed by atoms with E-state index in [2.05, 4.69) is 31.7 Å². The molecule has 0 radical (unpaired) electrons. The number of piperidine rings is 1. The zero-order chi connectivity index (χ0) is 16.9. The van der Waals surface area contributed by atoms with Gasteiger partial charge in [-0.05, 0) is 31.9 Å². The van der Waals surface area contributed by atoms with Crippen LogP contribution in [-0.4, -0.2) is 83.2 Å². The fourth-order valence-corrected chi connectivity index (χ4v) is 3.88. The van der Waals surface area contributed by atoms with E-state index >= 15 is 0 Å². The molecule has 2 atom stereocenters. The maximum atomic E-state index is 11.1. The molecule has 0 aromatic carbocycles. The molecule has 1 N–H and O–H groups in total. The number of carboxylic acid groups (broad SMARTS) is 1. The van der Waals surface area contributed by atoms with Gasteiger partial charge in [0.1, 0.15) is 0 Å². The van der Waals surface area contributed by atoms with Crippen molar-refractivity contribution >= 4 is 11.9 Å². The van der Waals surface area contributed by atoms with Crippen molar-refractivity contribution in [2.24, 2.45) is 5.92 Å². The van der Waals surface area contributed by atoms with E-state index in [1.165, 1.54) is 0 Å². The highest BCUT2D eigenvalue weighted by Crippen LogP contribution is 2.28. The van der Waals surface area contributed by atoms with Gasteiger partial charge in [-0.25, -0.2) is 9.97 Å². The molecule has 0 spiro atoms. The third-order valence-corrected chi connectivity index (χ3v) is 5.26. The summed E-state index contributed by atoms with van der Waals surface area (Å²) in [6.07, 6.45) is 5.53. The van der Waals surface area contributed by atoms with Crippen molar-refractivity contribution in [3.8, 4) is 0 Å². The second-order valence-corrected chi connectivity index (χ2v) is 6.88. The molecule has 0 aliphatic carbocycles. The molecule has 0 bridgehead atoms. The lowest BCUT2D eigenvalue weighted by atomic mass is 9.86. The second-order valence-electron chi connectivity index (χ2n) is 6.88. The molecule has 2 fully saturated rings. The predicted octanol–water partition coefficient (Wildman–Crippen LogP) is 0.784. The van der Waals surface area contributed by atoms with Gasteiger partial charge >= 0.3 is 5.97 Å². The molecule has 3 heterocycles. The molecule has 1 aromatic heterocycles. The van der Waals surface area contributed by atoms with Crippen molar-refractivity contribution in [1.82, 2.24) is 19.8 Å². The largest absolute Gasteiger partial charge is 0.481 e. The van der Waals surface area contributed by atoms with Crippen molar-refractivity contribution in [3.63, 3.8) is 0 Å². The van der Waals surface area contributed by atoms with E-state index in [9.17, 15) is 4.79 Å². The summed E-state index contributed by atoms with van der Waals surface area (Å²) in [6.45, 7) is 6.11. The molecular weight excluding hydrogens is 306 g/mol. The molecule has 0 saturated carbocycles. The van der Waals surface area contributed by atoms with Gasteiger partial charge in [0.15, 0.2) is 0 Å². The minimum Gasteiger partial charge on any atom is -0.481 e. The molecule has 24 heavy (non-hydrogen) atoms. The molecule has 2 saturated heterocycles. The summed E-state index contributed by atoms with van der Waals surface area (Å²) in [5.41, 5.74) is 0. The van der Waals surface area contributed by atoms with E-state index in [0.717, 1.165) is 58.1 Å². The Morgan fingerprint density at radius 1 is 1.21 bits per heavy atom. The monoisotopic (exact) mass is 333 g/mol. The number of aromatic nitrogens is 2. The summed E-state index contributed by atoms with van der Waals surface area (Å²) >= 11 is 0. The minimum absolute atomic E-state index is 0.235. The van der Waals surface area contributed by atoms with Gasteiger partial charge in [-0.1, -0.05) is 0 Å². The number of aliphatic carboxylic acids is 1. The summed E-state index contributed by atoms with van der Waals surface area (Å²) in [4.78, 5) is 26.9. The van der Waals surface area contributed by atoms with Crippen LogP contribution < -0.4 is 4.90 Å². The number of likely N-dealkylation sites (N-methyl/N-ethyl adjacent to an activating group) is 1. The standard InChI is InChI=1S/C17H27N5O2/c1-20-9-11-21(12-10-20)15-5-8-22(17-18-6-2-7-19-17)13-14(15)3-4-16(23)24/h2,6-7,14-15H,3-5,8-13H2,1H3,(H,23,24)/t14-,15+/m1/s1. The number of anilines is 1. The number of carboxylic acids is 1. The third-order valence-electron chi connectivity index (χ3n) is 5.26. The summed E-state index contributed by atoms with van der Waals surface area (Å²) in [5, 5.41) is 9.10. The van der Waals surface area contributed by atoms with Gasteiger partial charge in [-0.2, -0.15) is 0 Å². The lowest BCUT2D eigenvalue weighted by Gasteiger charge is -2.46. The number of hydrogen-bond donors (Lipinski definition) is 1. The number of hydrogen-bond acceptors (Lipinski definition) is 6. The minimum atomic E-state index is -0.708. The molecule has 0 unspecified atom stereocenters. The van der Waals surface area contributed by atoms with Gasteiger partial charge in [-0.15, -0.1) is 0 Å². The Bertz CT molecular complexity index is 533. The van der Waals surface area contributed by atoms with Gasteiger partial charge < -0.3 is 14.9 Å². The summed E-state index contributed by atoms with van der Waals surface area (Å²) in [5.74, 6) is 0.400. The van der Waals surface area contributed by atoms with Gasteiger partial charge in [0.05, 0.1) is 0 Å². The van der Waals surface area contributed by atoms with E-state index in [0.29, 0.717) is 12.0 Å². The Hall–Kier alpha value is -1.73. The molecule has 7 nitrogen and oxygen atoms in total. The number of nitrogens with zero attached hydrogens (tertiary/aromatic N) is 5. The quantitative estimate of drug-likeness (QED) is 0.854. The van der Waals surface area contributed by atoms with Crippen LogP contribution in [0.3, 0.4) is 0 Å². The molecule has 1 aromatic rings. The van der Waals surface area contributed by atoms with Crippen molar-refractivity contribution in [2.45, 2.75) is 25.3 Å². The first-order valence-corrected chi connectivity index (χ1v) is 8.80. The Morgan fingerprint density at radius 3 is 2.58 bits per heavy atom. The summed E-state index contributed by atoms with van der Waals surface area (Å²) in [7, 11) is 2.16. The Balaban J connectivity index is 1.68. The van der Waals surface area contributed by atoms with Crippen LogP contribution in [0.4, 0.5) is 5.95 Å². The van der Waals surface area contributed by atoms with E-state index < -0.39 is 5.97 Å². The van der Waals surface area contributed by atoms with Crippen molar-refractivity contribution in [1.29, 1.82) is 0 Å². The van der Waals surface area contributed by atoms with Crippen LogP contribution in [0.2, 0.25) is 0 Å². The van der Waals surface area contributed by atoms with Crippen LogP contribution in [0.25, 0.3) is 0 Å². The topological polar surface area (TPSA) is 72.8 Å². The lowest BCUT2D eigenvalue weighted by molar-refractivity contribution is -0.137. The maximum Gasteiger partial charge on any atom is 0.303 e. The van der Waals surface area contributed by atoms with Gasteiger partial charge in [0.2, 0.25) is 5.95 Å². The molecule has 2 aliphatic heterocycles. The molecular formula is C17H27N5O2.